The van der Waals surface area contributed by atoms with Gasteiger partial charge in [-0.3, -0.25) is 15.3 Å². The second-order valence-electron chi connectivity index (χ2n) is 3.19. The maximum atomic E-state index is 13.4. The molecule has 0 aromatic carbocycles. The Bertz CT molecular complexity index is 506. The molecule has 2 N–H and O–H groups in total. The Morgan fingerprint density at radius 2 is 2.12 bits per heavy atom. The van der Waals surface area contributed by atoms with Crippen LogP contribution in [0.4, 0.5) is 21.6 Å². The minimum absolute atomic E-state index is 0.151. The molecule has 2 aromatic heterocycles. The van der Waals surface area contributed by atoms with Crippen LogP contribution >= 0.6 is 0 Å². The van der Waals surface area contributed by atoms with Gasteiger partial charge in [0, 0.05) is 12.4 Å². The highest BCUT2D eigenvalue weighted by atomic mass is 19.1. The van der Waals surface area contributed by atoms with E-state index in [0.717, 1.165) is 0 Å². The summed E-state index contributed by atoms with van der Waals surface area (Å²) < 4.78 is 13.4. The molecule has 0 bridgehead atoms. The quantitative estimate of drug-likeness (QED) is 0.795. The van der Waals surface area contributed by atoms with Gasteiger partial charge in [0.1, 0.15) is 5.69 Å². The van der Waals surface area contributed by atoms with Crippen LogP contribution in [-0.2, 0) is 4.84 Å². The lowest BCUT2D eigenvalue weighted by Gasteiger charge is -2.11. The van der Waals surface area contributed by atoms with Crippen molar-refractivity contribution in [3.63, 3.8) is 0 Å². The van der Waals surface area contributed by atoms with Crippen molar-refractivity contribution in [1.82, 2.24) is 9.97 Å². The van der Waals surface area contributed by atoms with E-state index in [1.165, 1.54) is 25.4 Å². The number of hydrogen-bond donors (Lipinski definition) is 2. The zero-order valence-electron chi connectivity index (χ0n) is 9.14. The smallest absolute Gasteiger partial charge is 0.166 e. The highest BCUT2D eigenvalue weighted by Gasteiger charge is 2.06. The van der Waals surface area contributed by atoms with Crippen LogP contribution in [0, 0.1) is 5.82 Å². The predicted molar refractivity (Wildman–Crippen MR) is 62.3 cm³/mol. The minimum Gasteiger partial charge on any atom is -0.336 e. The molecule has 0 aliphatic rings. The molecule has 2 rings (SSSR count). The van der Waals surface area contributed by atoms with E-state index >= 15 is 0 Å². The van der Waals surface area contributed by atoms with Gasteiger partial charge in [-0.15, -0.1) is 0 Å². The van der Waals surface area contributed by atoms with Gasteiger partial charge in [0.15, 0.2) is 11.6 Å². The molecule has 5 nitrogen and oxygen atoms in total. The number of anilines is 3. The fourth-order valence-corrected chi connectivity index (χ4v) is 1.30. The summed E-state index contributed by atoms with van der Waals surface area (Å²) in [5.74, 6) is -0.273. The maximum absolute atomic E-state index is 13.4. The first kappa shape index (κ1) is 11.3. The summed E-state index contributed by atoms with van der Waals surface area (Å²) >= 11 is 0. The van der Waals surface area contributed by atoms with Crippen molar-refractivity contribution in [3.8, 4) is 0 Å². The first-order chi connectivity index (χ1) is 8.31. The van der Waals surface area contributed by atoms with E-state index in [1.54, 1.807) is 18.5 Å². The van der Waals surface area contributed by atoms with Gasteiger partial charge in [-0.05, 0) is 18.2 Å². The summed E-state index contributed by atoms with van der Waals surface area (Å²) in [5.41, 5.74) is 3.86. The Balaban J connectivity index is 2.27. The van der Waals surface area contributed by atoms with Crippen LogP contribution in [-0.4, -0.2) is 17.1 Å². The van der Waals surface area contributed by atoms with Gasteiger partial charge < -0.3 is 5.32 Å². The highest BCUT2D eigenvalue weighted by Crippen LogP contribution is 2.24. The van der Waals surface area contributed by atoms with Crippen LogP contribution in [0.1, 0.15) is 0 Å². The van der Waals surface area contributed by atoms with Gasteiger partial charge in [-0.2, -0.15) is 0 Å². The van der Waals surface area contributed by atoms with Gasteiger partial charge >= 0.3 is 0 Å². The molecule has 0 saturated carbocycles. The summed E-state index contributed by atoms with van der Waals surface area (Å²) in [4.78, 5) is 12.6. The predicted octanol–water partition coefficient (Wildman–Crippen LogP) is 2.33. The largest absolute Gasteiger partial charge is 0.336 e. The molecule has 0 aliphatic carbocycles. The Kier molecular flexibility index (Phi) is 3.46. The van der Waals surface area contributed by atoms with Crippen molar-refractivity contribution in [1.29, 1.82) is 0 Å². The van der Waals surface area contributed by atoms with Gasteiger partial charge in [0.2, 0.25) is 0 Å². The zero-order valence-corrected chi connectivity index (χ0v) is 9.14. The number of hydrogen-bond acceptors (Lipinski definition) is 5. The zero-order chi connectivity index (χ0) is 12.1. The number of pyridine rings is 2. The fraction of sp³-hybridized carbons (Fsp3) is 0.0909. The summed E-state index contributed by atoms with van der Waals surface area (Å²) in [6.45, 7) is 0. The molecule has 0 fully saturated rings. The highest BCUT2D eigenvalue weighted by molar-refractivity contribution is 5.71. The maximum Gasteiger partial charge on any atom is 0.166 e. The van der Waals surface area contributed by atoms with Crippen molar-refractivity contribution in [2.24, 2.45) is 0 Å². The van der Waals surface area contributed by atoms with Gasteiger partial charge in [-0.1, -0.05) is 0 Å². The molecule has 0 saturated heterocycles. The van der Waals surface area contributed by atoms with Crippen molar-refractivity contribution in [2.75, 3.05) is 17.9 Å². The molecule has 88 valence electrons. The standard InChI is InChI=1S/C11H11FN4O/c1-17-16-10-7-13-6-4-9(10)15-11-8(12)3-2-5-14-11/h2-7,16H,1H3,(H,13,14,15). The molecule has 0 radical (unpaired) electrons. The van der Waals surface area contributed by atoms with E-state index < -0.39 is 5.82 Å². The van der Waals surface area contributed by atoms with E-state index in [4.69, 9.17) is 4.84 Å². The lowest BCUT2D eigenvalue weighted by atomic mass is 10.3. The number of rotatable bonds is 4. The summed E-state index contributed by atoms with van der Waals surface area (Å²) in [6.07, 6.45) is 4.66. The van der Waals surface area contributed by atoms with E-state index in [0.29, 0.717) is 11.4 Å². The molecule has 17 heavy (non-hydrogen) atoms. The number of nitrogens with zero attached hydrogens (tertiary/aromatic N) is 2. The molecule has 0 aliphatic heterocycles. The van der Waals surface area contributed by atoms with Gasteiger partial charge in [0.25, 0.3) is 0 Å². The molecular formula is C11H11FN4O. The third-order valence-corrected chi connectivity index (χ3v) is 2.04. The van der Waals surface area contributed by atoms with Crippen molar-refractivity contribution in [3.05, 3.63) is 42.6 Å². The van der Waals surface area contributed by atoms with E-state index in [9.17, 15) is 4.39 Å². The Labute approximate surface area is 97.6 Å². The average Bonchev–Trinajstić information content (AvgIpc) is 2.35. The molecule has 0 atom stereocenters. The third-order valence-electron chi connectivity index (χ3n) is 2.04. The second-order valence-corrected chi connectivity index (χ2v) is 3.19. The average molecular weight is 234 g/mol. The minimum atomic E-state index is -0.423. The SMILES string of the molecule is CONc1cnccc1Nc1ncccc1F. The fourth-order valence-electron chi connectivity index (χ4n) is 1.30. The number of halogens is 1. The lowest BCUT2D eigenvalue weighted by molar-refractivity contribution is 0.271. The van der Waals surface area contributed by atoms with Crippen LogP contribution in [0.3, 0.4) is 0 Å². The van der Waals surface area contributed by atoms with E-state index in [2.05, 4.69) is 20.8 Å². The molecular weight excluding hydrogens is 223 g/mol. The third kappa shape index (κ3) is 2.67. The Morgan fingerprint density at radius 3 is 2.88 bits per heavy atom. The van der Waals surface area contributed by atoms with Gasteiger partial charge in [0.05, 0.1) is 19.0 Å². The molecule has 0 unspecified atom stereocenters. The van der Waals surface area contributed by atoms with Crippen molar-refractivity contribution < 1.29 is 9.23 Å². The van der Waals surface area contributed by atoms with Crippen molar-refractivity contribution in [2.45, 2.75) is 0 Å². The number of aromatic nitrogens is 2. The topological polar surface area (TPSA) is 59.1 Å². The molecule has 2 heterocycles. The Morgan fingerprint density at radius 1 is 1.24 bits per heavy atom. The van der Waals surface area contributed by atoms with Crippen LogP contribution in [0.2, 0.25) is 0 Å². The lowest BCUT2D eigenvalue weighted by Crippen LogP contribution is -2.03. The van der Waals surface area contributed by atoms with E-state index in [1.807, 2.05) is 0 Å². The molecule has 0 amide bonds. The second kappa shape index (κ2) is 5.22. The van der Waals surface area contributed by atoms with Crippen LogP contribution in [0.5, 0.6) is 0 Å². The summed E-state index contributed by atoms with van der Waals surface area (Å²) in [5, 5.41) is 2.86. The molecule has 6 heteroatoms. The molecule has 0 spiro atoms. The van der Waals surface area contributed by atoms with E-state index in [-0.39, 0.29) is 5.82 Å². The van der Waals surface area contributed by atoms with Crippen molar-refractivity contribution >= 4 is 17.2 Å². The van der Waals surface area contributed by atoms with Crippen LogP contribution < -0.4 is 10.8 Å². The normalized spacial score (nSPS) is 10.0. The first-order valence-electron chi connectivity index (χ1n) is 4.92. The molecule has 2 aromatic rings. The summed E-state index contributed by atoms with van der Waals surface area (Å²) in [6, 6.07) is 4.55. The first-order valence-corrected chi connectivity index (χ1v) is 4.92. The summed E-state index contributed by atoms with van der Waals surface area (Å²) in [7, 11) is 1.48. The van der Waals surface area contributed by atoms with Gasteiger partial charge in [-0.25, -0.2) is 9.37 Å². The van der Waals surface area contributed by atoms with Crippen LogP contribution in [0.25, 0.3) is 0 Å². The number of nitrogens with one attached hydrogen (secondary N) is 2. The monoisotopic (exact) mass is 234 g/mol. The Hall–Kier alpha value is -2.21. The van der Waals surface area contributed by atoms with Crippen LogP contribution in [0.15, 0.2) is 36.8 Å².